The van der Waals surface area contributed by atoms with Gasteiger partial charge < -0.3 is 20.1 Å². The Bertz CT molecular complexity index is 797. The number of benzene rings is 2. The van der Waals surface area contributed by atoms with Gasteiger partial charge in [0.15, 0.2) is 0 Å². The second-order valence-corrected chi connectivity index (χ2v) is 5.95. The van der Waals surface area contributed by atoms with E-state index >= 15 is 0 Å². The van der Waals surface area contributed by atoms with Crippen LogP contribution in [0.3, 0.4) is 0 Å². The van der Waals surface area contributed by atoms with Gasteiger partial charge in [-0.15, -0.1) is 0 Å². The first-order valence-corrected chi connectivity index (χ1v) is 8.17. The maximum absolute atomic E-state index is 14.2. The van der Waals surface area contributed by atoms with Crippen molar-refractivity contribution < 1.29 is 23.5 Å². The highest BCUT2D eigenvalue weighted by Gasteiger charge is 2.36. The Morgan fingerprint density at radius 2 is 2.04 bits per heavy atom. The molecule has 26 heavy (non-hydrogen) atoms. The van der Waals surface area contributed by atoms with Gasteiger partial charge in [0, 0.05) is 12.0 Å². The molecule has 1 heterocycles. The van der Waals surface area contributed by atoms with Crippen molar-refractivity contribution in [3.63, 3.8) is 0 Å². The molecular weight excluding hydrogens is 339 g/mol. The van der Waals surface area contributed by atoms with Crippen molar-refractivity contribution in [1.29, 1.82) is 0 Å². The molecule has 2 atom stereocenters. The second-order valence-electron chi connectivity index (χ2n) is 5.95. The lowest BCUT2D eigenvalue weighted by atomic mass is 10.00. The number of amides is 2. The zero-order chi connectivity index (χ0) is 18.5. The van der Waals surface area contributed by atoms with Gasteiger partial charge in [-0.25, -0.2) is 9.18 Å². The van der Waals surface area contributed by atoms with Gasteiger partial charge in [-0.05, 0) is 23.8 Å². The van der Waals surface area contributed by atoms with E-state index in [0.717, 1.165) is 5.56 Å². The molecule has 2 aromatic carbocycles. The van der Waals surface area contributed by atoms with Gasteiger partial charge in [0.05, 0.1) is 19.2 Å². The minimum Gasteiger partial charge on any atom is -0.497 e. The molecule has 3 rings (SSSR count). The third kappa shape index (κ3) is 4.11. The van der Waals surface area contributed by atoms with Gasteiger partial charge in [-0.1, -0.05) is 30.3 Å². The normalized spacial score (nSPS) is 18.9. The van der Waals surface area contributed by atoms with Crippen LogP contribution in [-0.4, -0.2) is 25.2 Å². The molecule has 2 aromatic rings. The molecule has 1 aliphatic rings. The summed E-state index contributed by atoms with van der Waals surface area (Å²) in [7, 11) is 1.47. The number of ether oxygens (including phenoxy) is 2. The van der Waals surface area contributed by atoms with E-state index in [9.17, 15) is 14.0 Å². The Hall–Kier alpha value is -3.09. The van der Waals surface area contributed by atoms with Crippen molar-refractivity contribution in [2.24, 2.45) is 0 Å². The lowest BCUT2D eigenvalue weighted by Gasteiger charge is -2.21. The summed E-state index contributed by atoms with van der Waals surface area (Å²) in [5.74, 6) is -0.291. The van der Waals surface area contributed by atoms with Crippen molar-refractivity contribution in [1.82, 2.24) is 10.6 Å². The molecule has 0 unspecified atom stereocenters. The third-order valence-electron chi connectivity index (χ3n) is 4.18. The Labute approximate surface area is 150 Å². The largest absolute Gasteiger partial charge is 0.497 e. The van der Waals surface area contributed by atoms with Gasteiger partial charge in [-0.3, -0.25) is 4.79 Å². The zero-order valence-electron chi connectivity index (χ0n) is 14.2. The van der Waals surface area contributed by atoms with E-state index < -0.39 is 24.0 Å². The van der Waals surface area contributed by atoms with Crippen molar-refractivity contribution in [2.45, 2.75) is 25.1 Å². The van der Waals surface area contributed by atoms with E-state index in [2.05, 4.69) is 10.6 Å². The highest BCUT2D eigenvalue weighted by Crippen LogP contribution is 2.29. The number of hydrogen-bond donors (Lipinski definition) is 2. The van der Waals surface area contributed by atoms with Gasteiger partial charge in [0.25, 0.3) is 0 Å². The van der Waals surface area contributed by atoms with Crippen LogP contribution < -0.4 is 15.4 Å². The zero-order valence-corrected chi connectivity index (χ0v) is 14.2. The summed E-state index contributed by atoms with van der Waals surface area (Å²) in [6, 6.07) is 12.2. The molecule has 0 aliphatic carbocycles. The maximum atomic E-state index is 14.2. The SMILES string of the molecule is COc1ccc(F)c([C@H]2NC(=O)C[C@@H]2NC(=O)OCc2ccccc2)c1. The minimum absolute atomic E-state index is 0.0434. The Balaban J connectivity index is 1.68. The molecule has 7 heteroatoms. The Kier molecular flexibility index (Phi) is 5.36. The molecule has 1 saturated heterocycles. The van der Waals surface area contributed by atoms with Crippen molar-refractivity contribution in [2.75, 3.05) is 7.11 Å². The number of carbonyl (C=O) groups excluding carboxylic acids is 2. The quantitative estimate of drug-likeness (QED) is 0.862. The van der Waals surface area contributed by atoms with E-state index in [4.69, 9.17) is 9.47 Å². The van der Waals surface area contributed by atoms with Gasteiger partial charge in [-0.2, -0.15) is 0 Å². The smallest absolute Gasteiger partial charge is 0.407 e. The van der Waals surface area contributed by atoms with Gasteiger partial charge in [0.2, 0.25) is 5.91 Å². The first-order chi connectivity index (χ1) is 12.6. The van der Waals surface area contributed by atoms with Crippen LogP contribution in [0.1, 0.15) is 23.6 Å². The molecule has 0 radical (unpaired) electrons. The number of alkyl carbamates (subject to hydrolysis) is 1. The van der Waals surface area contributed by atoms with Crippen LogP contribution in [-0.2, 0) is 16.1 Å². The first-order valence-electron chi connectivity index (χ1n) is 8.17. The molecule has 0 saturated carbocycles. The fraction of sp³-hybridized carbons (Fsp3) is 0.263. The number of methoxy groups -OCH3 is 1. The number of nitrogens with one attached hydrogen (secondary N) is 2. The lowest BCUT2D eigenvalue weighted by molar-refractivity contribution is -0.119. The summed E-state index contributed by atoms with van der Waals surface area (Å²) in [6.07, 6.45) is -0.620. The number of halogens is 1. The van der Waals surface area contributed by atoms with Crippen LogP contribution in [0.25, 0.3) is 0 Å². The van der Waals surface area contributed by atoms with Gasteiger partial charge >= 0.3 is 6.09 Å². The highest BCUT2D eigenvalue weighted by atomic mass is 19.1. The molecule has 136 valence electrons. The first kappa shape index (κ1) is 17.7. The fourth-order valence-corrected chi connectivity index (χ4v) is 2.88. The second kappa shape index (κ2) is 7.86. The van der Waals surface area contributed by atoms with E-state index in [1.807, 2.05) is 30.3 Å². The highest BCUT2D eigenvalue weighted by molar-refractivity contribution is 5.81. The van der Waals surface area contributed by atoms with Crippen LogP contribution in [0, 0.1) is 5.82 Å². The van der Waals surface area contributed by atoms with E-state index in [1.54, 1.807) is 0 Å². The molecule has 6 nitrogen and oxygen atoms in total. The molecule has 1 aliphatic heterocycles. The Morgan fingerprint density at radius 3 is 2.77 bits per heavy atom. The Morgan fingerprint density at radius 1 is 1.27 bits per heavy atom. The van der Waals surface area contributed by atoms with Gasteiger partial charge in [0.1, 0.15) is 18.2 Å². The van der Waals surface area contributed by atoms with Crippen LogP contribution in [0.2, 0.25) is 0 Å². The van der Waals surface area contributed by atoms with Crippen molar-refractivity contribution in [3.8, 4) is 5.75 Å². The van der Waals surface area contributed by atoms with Crippen LogP contribution >= 0.6 is 0 Å². The third-order valence-corrected chi connectivity index (χ3v) is 4.18. The molecular formula is C19H19FN2O4. The van der Waals surface area contributed by atoms with E-state index in [0.29, 0.717) is 5.75 Å². The molecule has 1 fully saturated rings. The molecule has 0 bridgehead atoms. The average Bonchev–Trinajstić information content (AvgIpc) is 3.01. The van der Waals surface area contributed by atoms with Crippen LogP contribution in [0.5, 0.6) is 5.75 Å². The summed E-state index contributed by atoms with van der Waals surface area (Å²) >= 11 is 0. The summed E-state index contributed by atoms with van der Waals surface area (Å²) in [5.41, 5.74) is 1.10. The monoisotopic (exact) mass is 358 g/mol. The van der Waals surface area contributed by atoms with E-state index in [-0.39, 0.29) is 24.5 Å². The number of rotatable bonds is 5. The standard InChI is InChI=1S/C19H19FN2O4/c1-25-13-7-8-15(20)14(9-13)18-16(10-17(23)22-18)21-19(24)26-11-12-5-3-2-4-6-12/h2-9,16,18H,10-11H2,1H3,(H,21,24)(H,22,23)/t16-,18+/m0/s1. The fourth-order valence-electron chi connectivity index (χ4n) is 2.88. The lowest BCUT2D eigenvalue weighted by Crippen LogP contribution is -2.39. The minimum atomic E-state index is -0.693. The molecule has 2 N–H and O–H groups in total. The molecule has 0 aromatic heterocycles. The maximum Gasteiger partial charge on any atom is 0.407 e. The predicted molar refractivity (Wildman–Crippen MR) is 92.0 cm³/mol. The average molecular weight is 358 g/mol. The summed E-state index contributed by atoms with van der Waals surface area (Å²) in [4.78, 5) is 23.9. The van der Waals surface area contributed by atoms with E-state index in [1.165, 1.54) is 25.3 Å². The summed E-state index contributed by atoms with van der Waals surface area (Å²) in [5, 5.41) is 5.33. The number of hydrogen-bond acceptors (Lipinski definition) is 4. The predicted octanol–water partition coefficient (Wildman–Crippen LogP) is 2.69. The van der Waals surface area contributed by atoms with Crippen molar-refractivity contribution in [3.05, 3.63) is 65.5 Å². The summed E-state index contributed by atoms with van der Waals surface area (Å²) < 4.78 is 24.5. The molecule has 0 spiro atoms. The van der Waals surface area contributed by atoms with Crippen LogP contribution in [0.15, 0.2) is 48.5 Å². The number of carbonyl (C=O) groups is 2. The topological polar surface area (TPSA) is 76.7 Å². The summed E-state index contributed by atoms with van der Waals surface area (Å²) in [6.45, 7) is 0.110. The van der Waals surface area contributed by atoms with Crippen molar-refractivity contribution >= 4 is 12.0 Å². The molecule has 2 amide bonds. The van der Waals surface area contributed by atoms with Crippen LogP contribution in [0.4, 0.5) is 9.18 Å².